The maximum absolute atomic E-state index is 13.5. The molecule has 0 saturated heterocycles. The molecule has 0 unspecified atom stereocenters. The highest BCUT2D eigenvalue weighted by Gasteiger charge is 2.37. The van der Waals surface area contributed by atoms with Crippen LogP contribution >= 0.6 is 30.9 Å². The monoisotopic (exact) mass is 358 g/mol. The zero-order valence-corrected chi connectivity index (χ0v) is 16.1. The van der Waals surface area contributed by atoms with Crippen molar-refractivity contribution in [1.82, 2.24) is 9.34 Å². The van der Waals surface area contributed by atoms with Gasteiger partial charge in [-0.25, -0.2) is 13.9 Å². The minimum absolute atomic E-state index is 0.0175. The molecule has 126 valence electrons. The third-order valence-electron chi connectivity index (χ3n) is 2.92. The van der Waals surface area contributed by atoms with E-state index >= 15 is 0 Å². The van der Waals surface area contributed by atoms with E-state index in [1.165, 1.54) is 6.26 Å². The Balaban J connectivity index is 5.46. The highest BCUT2D eigenvalue weighted by atomic mass is 35.5. The van der Waals surface area contributed by atoms with Crippen LogP contribution in [0.1, 0.15) is 53.4 Å². The van der Waals surface area contributed by atoms with Gasteiger partial charge in [0.1, 0.15) is 10.8 Å². The van der Waals surface area contributed by atoms with Crippen molar-refractivity contribution in [1.29, 1.82) is 0 Å². The van der Waals surface area contributed by atoms with Gasteiger partial charge in [-0.05, 0) is 25.7 Å². The lowest BCUT2D eigenvalue weighted by molar-refractivity contribution is 0.252. The van der Waals surface area contributed by atoms with Crippen LogP contribution in [0.25, 0.3) is 0 Å². The van der Waals surface area contributed by atoms with Crippen molar-refractivity contribution in [2.45, 2.75) is 53.4 Å². The molecule has 0 aromatic carbocycles. The van der Waals surface area contributed by atoms with Gasteiger partial charge < -0.3 is 4.52 Å². The second-order valence-electron chi connectivity index (χ2n) is 4.91. The number of halogens is 2. The molecule has 0 saturated carbocycles. The van der Waals surface area contributed by atoms with Crippen LogP contribution < -0.4 is 0 Å². The van der Waals surface area contributed by atoms with Gasteiger partial charge >= 0.3 is 7.67 Å². The van der Waals surface area contributed by atoms with Crippen molar-refractivity contribution < 1.29 is 9.09 Å². The molecule has 0 aliphatic rings. The van der Waals surface area contributed by atoms with Gasteiger partial charge in [0.25, 0.3) is 0 Å². The maximum atomic E-state index is 13.5. The van der Waals surface area contributed by atoms with Crippen LogP contribution in [0.2, 0.25) is 0 Å². The molecule has 0 N–H and O–H groups in total. The molecular weight excluding hydrogens is 330 g/mol. The second-order valence-corrected chi connectivity index (χ2v) is 8.24. The van der Waals surface area contributed by atoms with Gasteiger partial charge in [-0.2, -0.15) is 0 Å². The summed E-state index contributed by atoms with van der Waals surface area (Å²) in [6, 6.07) is 0. The summed E-state index contributed by atoms with van der Waals surface area (Å²) >= 11 is 11.3. The van der Waals surface area contributed by atoms with Gasteiger partial charge in [-0.3, -0.25) is 0 Å². The molecule has 0 aromatic heterocycles. The predicted octanol–water partition coefficient (Wildman–Crippen LogP) is 5.63. The first-order valence-corrected chi connectivity index (χ1v) is 10.0. The molecule has 4 nitrogen and oxygen atoms in total. The Morgan fingerprint density at radius 1 is 0.905 bits per heavy atom. The minimum atomic E-state index is -3.14. The summed E-state index contributed by atoms with van der Waals surface area (Å²) in [6.45, 7) is 11.2. The third-order valence-corrected chi connectivity index (χ3v) is 5.71. The molecule has 0 rings (SSSR count). The highest BCUT2D eigenvalue weighted by molar-refractivity contribution is 7.54. The lowest BCUT2D eigenvalue weighted by Gasteiger charge is -2.37. The van der Waals surface area contributed by atoms with Gasteiger partial charge in [-0.1, -0.05) is 50.9 Å². The topological polar surface area (TPSA) is 32.8 Å². The Hall–Kier alpha value is 0.270. The quantitative estimate of drug-likeness (QED) is 0.334. The number of rotatable bonds is 12. The zero-order valence-electron chi connectivity index (χ0n) is 13.6. The number of hydrogen-bond acceptors (Lipinski definition) is 2. The van der Waals surface area contributed by atoms with Crippen molar-refractivity contribution in [3.05, 3.63) is 10.8 Å². The molecular formula is C14H29Cl2N2O2P. The van der Waals surface area contributed by atoms with E-state index in [-0.39, 0.29) is 4.49 Å². The van der Waals surface area contributed by atoms with E-state index in [2.05, 4.69) is 27.7 Å². The first kappa shape index (κ1) is 21.3. The molecule has 0 aromatic rings. The fourth-order valence-electron chi connectivity index (χ4n) is 2.18. The van der Waals surface area contributed by atoms with E-state index in [1.54, 1.807) is 0 Å². The van der Waals surface area contributed by atoms with Crippen LogP contribution in [-0.2, 0) is 9.09 Å². The van der Waals surface area contributed by atoms with Crippen molar-refractivity contribution in [2.24, 2.45) is 0 Å². The summed E-state index contributed by atoms with van der Waals surface area (Å²) in [5, 5.41) is 0. The largest absolute Gasteiger partial charge is 0.427 e. The van der Waals surface area contributed by atoms with E-state index in [1.807, 2.05) is 9.34 Å². The lowest BCUT2D eigenvalue weighted by atomic mass is 10.4. The summed E-state index contributed by atoms with van der Waals surface area (Å²) in [6.07, 6.45) is 4.85. The minimum Gasteiger partial charge on any atom is -0.427 e. The summed E-state index contributed by atoms with van der Waals surface area (Å²) in [4.78, 5) is 0. The van der Waals surface area contributed by atoms with Crippen molar-refractivity contribution in [2.75, 3.05) is 26.2 Å². The summed E-state index contributed by atoms with van der Waals surface area (Å²) in [7, 11) is -3.14. The standard InChI is InChI=1S/C14H29Cl2N2O2P/c1-5-9-17(10-6-2)21(19,20-13-14(15)16)18(11-7-3)12-8-4/h13H,5-12H2,1-4H3. The number of hydrogen-bond donors (Lipinski definition) is 0. The van der Waals surface area contributed by atoms with Gasteiger partial charge in [0.15, 0.2) is 0 Å². The number of nitrogens with zero attached hydrogens (tertiary/aromatic N) is 2. The summed E-state index contributed by atoms with van der Waals surface area (Å²) < 4.78 is 23.0. The average molecular weight is 359 g/mol. The Morgan fingerprint density at radius 2 is 1.24 bits per heavy atom. The molecule has 0 spiro atoms. The van der Waals surface area contributed by atoms with Gasteiger partial charge in [0.05, 0.1) is 0 Å². The fourth-order valence-corrected chi connectivity index (χ4v) is 5.07. The zero-order chi connectivity index (χ0) is 16.3. The molecule has 0 radical (unpaired) electrons. The van der Waals surface area contributed by atoms with E-state index < -0.39 is 7.67 Å². The van der Waals surface area contributed by atoms with Crippen LogP contribution in [0, 0.1) is 0 Å². The Labute approximate surface area is 140 Å². The maximum Gasteiger partial charge on any atom is 0.395 e. The molecule has 0 aliphatic carbocycles. The Morgan fingerprint density at radius 3 is 1.48 bits per heavy atom. The molecule has 0 fully saturated rings. The van der Waals surface area contributed by atoms with Crippen molar-refractivity contribution >= 4 is 30.9 Å². The van der Waals surface area contributed by atoms with E-state index in [9.17, 15) is 4.57 Å². The van der Waals surface area contributed by atoms with Crippen molar-refractivity contribution in [3.63, 3.8) is 0 Å². The normalized spacial score (nSPS) is 12.0. The van der Waals surface area contributed by atoms with Crippen LogP contribution in [-0.4, -0.2) is 35.5 Å². The van der Waals surface area contributed by atoms with E-state index in [0.717, 1.165) is 51.9 Å². The molecule has 21 heavy (non-hydrogen) atoms. The van der Waals surface area contributed by atoms with Crippen LogP contribution in [0.15, 0.2) is 10.8 Å². The van der Waals surface area contributed by atoms with E-state index in [0.29, 0.717) is 0 Å². The SMILES string of the molecule is CCCN(CCC)P(=O)(OC=C(Cl)Cl)N(CCC)CCC. The first-order valence-electron chi connectivity index (χ1n) is 7.76. The van der Waals surface area contributed by atoms with Gasteiger partial charge in [0, 0.05) is 26.2 Å². The highest BCUT2D eigenvalue weighted by Crippen LogP contribution is 2.55. The van der Waals surface area contributed by atoms with E-state index in [4.69, 9.17) is 27.7 Å². The van der Waals surface area contributed by atoms with Gasteiger partial charge in [0.2, 0.25) is 0 Å². The third kappa shape index (κ3) is 7.38. The smallest absolute Gasteiger partial charge is 0.395 e. The molecule has 0 heterocycles. The Kier molecular flexibility index (Phi) is 11.9. The summed E-state index contributed by atoms with van der Waals surface area (Å²) in [5.74, 6) is 0. The fraction of sp³-hybridized carbons (Fsp3) is 0.857. The predicted molar refractivity (Wildman–Crippen MR) is 92.8 cm³/mol. The molecule has 7 heteroatoms. The first-order chi connectivity index (χ1) is 9.96. The Bertz CT molecular complexity index is 318. The lowest BCUT2D eigenvalue weighted by Crippen LogP contribution is -2.34. The van der Waals surface area contributed by atoms with Crippen LogP contribution in [0.5, 0.6) is 0 Å². The van der Waals surface area contributed by atoms with Crippen LogP contribution in [0.3, 0.4) is 0 Å². The molecule has 0 atom stereocenters. The average Bonchev–Trinajstić information content (AvgIpc) is 2.44. The second kappa shape index (κ2) is 11.8. The molecule has 0 amide bonds. The summed E-state index contributed by atoms with van der Waals surface area (Å²) in [5.41, 5.74) is 0. The molecule has 0 aliphatic heterocycles. The molecule has 0 bridgehead atoms. The van der Waals surface area contributed by atoms with Crippen LogP contribution in [0.4, 0.5) is 0 Å². The van der Waals surface area contributed by atoms with Crippen molar-refractivity contribution in [3.8, 4) is 0 Å². The van der Waals surface area contributed by atoms with Gasteiger partial charge in [-0.15, -0.1) is 0 Å².